The lowest BCUT2D eigenvalue weighted by Gasteiger charge is -2.04. The van der Waals surface area contributed by atoms with Crippen molar-refractivity contribution in [1.82, 2.24) is 15.1 Å². The number of halogens is 1. The minimum atomic E-state index is 0.735. The van der Waals surface area contributed by atoms with Crippen LogP contribution in [0.15, 0.2) is 4.47 Å². The molecule has 0 amide bonds. The van der Waals surface area contributed by atoms with Crippen molar-refractivity contribution in [1.29, 1.82) is 0 Å². The van der Waals surface area contributed by atoms with Gasteiger partial charge in [0, 0.05) is 13.6 Å². The van der Waals surface area contributed by atoms with Crippen LogP contribution in [0, 0.1) is 6.92 Å². The number of hydrogen-bond donors (Lipinski definition) is 2. The summed E-state index contributed by atoms with van der Waals surface area (Å²) >= 11 is 3.52. The molecule has 0 aliphatic rings. The minimum absolute atomic E-state index is 0.735. The van der Waals surface area contributed by atoms with E-state index in [-0.39, 0.29) is 0 Å². The van der Waals surface area contributed by atoms with E-state index >= 15 is 0 Å². The maximum atomic E-state index is 5.41. The Balaban J connectivity index is 2.49. The lowest BCUT2D eigenvalue weighted by Crippen LogP contribution is -2.19. The topological polar surface area (TPSA) is 55.9 Å². The van der Waals surface area contributed by atoms with Crippen molar-refractivity contribution in [3.8, 4) is 0 Å². The summed E-state index contributed by atoms with van der Waals surface area (Å²) in [6.45, 7) is 4.51. The zero-order chi connectivity index (χ0) is 10.6. The molecule has 0 spiro atoms. The SMILES string of the molecule is Cc1nn(C)c(CNCCCN)c1Br. The predicted molar refractivity (Wildman–Crippen MR) is 61.0 cm³/mol. The number of nitrogens with zero attached hydrogens (tertiary/aromatic N) is 2. The van der Waals surface area contributed by atoms with Crippen LogP contribution in [0.5, 0.6) is 0 Å². The molecule has 1 rings (SSSR count). The van der Waals surface area contributed by atoms with E-state index in [0.717, 1.165) is 36.2 Å². The molecule has 3 N–H and O–H groups in total. The predicted octanol–water partition coefficient (Wildman–Crippen LogP) is 0.929. The van der Waals surface area contributed by atoms with Gasteiger partial charge in [0.05, 0.1) is 15.9 Å². The molecule has 0 unspecified atom stereocenters. The third-order valence-corrected chi connectivity index (χ3v) is 3.14. The highest BCUT2D eigenvalue weighted by molar-refractivity contribution is 9.10. The Labute approximate surface area is 93.0 Å². The lowest BCUT2D eigenvalue weighted by molar-refractivity contribution is 0.608. The molecule has 0 aliphatic heterocycles. The Kier molecular flexibility index (Phi) is 4.57. The van der Waals surface area contributed by atoms with E-state index in [1.54, 1.807) is 0 Å². The van der Waals surface area contributed by atoms with Crippen LogP contribution in [-0.2, 0) is 13.6 Å². The Bertz CT molecular complexity index is 295. The normalized spacial score (nSPS) is 10.9. The molecule has 0 saturated heterocycles. The van der Waals surface area contributed by atoms with E-state index < -0.39 is 0 Å². The summed E-state index contributed by atoms with van der Waals surface area (Å²) in [7, 11) is 1.96. The Morgan fingerprint density at radius 1 is 1.57 bits per heavy atom. The van der Waals surface area contributed by atoms with Gasteiger partial charge >= 0.3 is 0 Å². The molecule has 0 radical (unpaired) electrons. The third-order valence-electron chi connectivity index (χ3n) is 2.11. The van der Waals surface area contributed by atoms with Crippen molar-refractivity contribution in [3.05, 3.63) is 15.9 Å². The number of rotatable bonds is 5. The van der Waals surface area contributed by atoms with Gasteiger partial charge in [0.25, 0.3) is 0 Å². The van der Waals surface area contributed by atoms with E-state index in [2.05, 4.69) is 26.3 Å². The van der Waals surface area contributed by atoms with Crippen LogP contribution in [-0.4, -0.2) is 22.9 Å². The van der Waals surface area contributed by atoms with Crippen molar-refractivity contribution in [2.24, 2.45) is 12.8 Å². The molecule has 0 atom stereocenters. The van der Waals surface area contributed by atoms with Crippen LogP contribution in [0.25, 0.3) is 0 Å². The summed E-state index contributed by atoms with van der Waals surface area (Å²) in [5, 5.41) is 7.64. The second-order valence-corrected chi connectivity index (χ2v) is 4.08. The fourth-order valence-electron chi connectivity index (χ4n) is 1.31. The van der Waals surface area contributed by atoms with E-state index in [4.69, 9.17) is 5.73 Å². The number of nitrogens with two attached hydrogens (primary N) is 1. The first-order valence-corrected chi connectivity index (χ1v) is 5.55. The minimum Gasteiger partial charge on any atom is -0.330 e. The van der Waals surface area contributed by atoms with Gasteiger partial charge in [-0.25, -0.2) is 0 Å². The second-order valence-electron chi connectivity index (χ2n) is 3.29. The molecular weight excluding hydrogens is 244 g/mol. The molecule has 5 heteroatoms. The molecule has 0 aromatic carbocycles. The highest BCUT2D eigenvalue weighted by Gasteiger charge is 2.09. The Hall–Kier alpha value is -0.390. The average Bonchev–Trinajstić information content (AvgIpc) is 2.38. The summed E-state index contributed by atoms with van der Waals surface area (Å²) < 4.78 is 3.00. The smallest absolute Gasteiger partial charge is 0.0739 e. The Morgan fingerprint density at radius 3 is 2.79 bits per heavy atom. The van der Waals surface area contributed by atoms with Gasteiger partial charge < -0.3 is 11.1 Å². The van der Waals surface area contributed by atoms with Crippen LogP contribution in [0.2, 0.25) is 0 Å². The third kappa shape index (κ3) is 2.80. The number of aryl methyl sites for hydroxylation is 2. The van der Waals surface area contributed by atoms with Crippen LogP contribution in [0.3, 0.4) is 0 Å². The Morgan fingerprint density at radius 2 is 2.29 bits per heavy atom. The van der Waals surface area contributed by atoms with Crippen molar-refractivity contribution in [2.75, 3.05) is 13.1 Å². The summed E-state index contributed by atoms with van der Waals surface area (Å²) in [6.07, 6.45) is 1.01. The highest BCUT2D eigenvalue weighted by atomic mass is 79.9. The maximum absolute atomic E-state index is 5.41. The lowest BCUT2D eigenvalue weighted by atomic mass is 10.3. The summed E-state index contributed by atoms with van der Waals surface area (Å²) in [6, 6.07) is 0. The summed E-state index contributed by atoms with van der Waals surface area (Å²) in [5.41, 5.74) is 7.62. The van der Waals surface area contributed by atoms with Gasteiger partial charge in [0.2, 0.25) is 0 Å². The number of hydrogen-bond acceptors (Lipinski definition) is 3. The van der Waals surface area contributed by atoms with E-state index in [1.165, 1.54) is 5.69 Å². The summed E-state index contributed by atoms with van der Waals surface area (Å²) in [4.78, 5) is 0. The molecule has 80 valence electrons. The van der Waals surface area contributed by atoms with Crippen LogP contribution < -0.4 is 11.1 Å². The number of nitrogens with one attached hydrogen (secondary N) is 1. The van der Waals surface area contributed by atoms with E-state index in [9.17, 15) is 0 Å². The molecule has 0 fully saturated rings. The van der Waals surface area contributed by atoms with E-state index in [1.807, 2.05) is 18.7 Å². The second kappa shape index (κ2) is 5.48. The van der Waals surface area contributed by atoms with Crippen molar-refractivity contribution in [2.45, 2.75) is 19.9 Å². The van der Waals surface area contributed by atoms with Gasteiger partial charge in [-0.2, -0.15) is 5.10 Å². The summed E-state index contributed by atoms with van der Waals surface area (Å²) in [5.74, 6) is 0. The maximum Gasteiger partial charge on any atom is 0.0739 e. The van der Waals surface area contributed by atoms with Gasteiger partial charge in [-0.3, -0.25) is 4.68 Å². The molecule has 1 heterocycles. The first-order valence-electron chi connectivity index (χ1n) is 4.75. The fourth-order valence-corrected chi connectivity index (χ4v) is 1.78. The molecule has 0 bridgehead atoms. The largest absolute Gasteiger partial charge is 0.330 e. The van der Waals surface area contributed by atoms with E-state index in [0.29, 0.717) is 0 Å². The zero-order valence-corrected chi connectivity index (χ0v) is 10.3. The first-order chi connectivity index (χ1) is 6.66. The molecule has 0 aliphatic carbocycles. The van der Waals surface area contributed by atoms with Crippen molar-refractivity contribution >= 4 is 15.9 Å². The molecule has 0 saturated carbocycles. The van der Waals surface area contributed by atoms with Gasteiger partial charge in [-0.15, -0.1) is 0 Å². The monoisotopic (exact) mass is 260 g/mol. The number of aromatic nitrogens is 2. The molecular formula is C9H17BrN4. The first kappa shape index (κ1) is 11.7. The van der Waals surface area contributed by atoms with Gasteiger partial charge in [-0.05, 0) is 42.4 Å². The zero-order valence-electron chi connectivity index (χ0n) is 8.68. The van der Waals surface area contributed by atoms with Crippen LogP contribution in [0.1, 0.15) is 17.8 Å². The van der Waals surface area contributed by atoms with Crippen LogP contribution >= 0.6 is 15.9 Å². The molecule has 1 aromatic heterocycles. The quantitative estimate of drug-likeness (QED) is 0.775. The standard InChI is InChI=1S/C9H17BrN4/c1-7-9(10)8(14(2)13-7)6-12-5-3-4-11/h12H,3-6,11H2,1-2H3. The molecule has 1 aromatic rings. The molecule has 4 nitrogen and oxygen atoms in total. The van der Waals surface area contributed by atoms with Gasteiger partial charge in [-0.1, -0.05) is 0 Å². The van der Waals surface area contributed by atoms with Gasteiger partial charge in [0.15, 0.2) is 0 Å². The molecule has 14 heavy (non-hydrogen) atoms. The van der Waals surface area contributed by atoms with Crippen molar-refractivity contribution < 1.29 is 0 Å². The average molecular weight is 261 g/mol. The van der Waals surface area contributed by atoms with Crippen molar-refractivity contribution in [3.63, 3.8) is 0 Å². The van der Waals surface area contributed by atoms with Crippen LogP contribution in [0.4, 0.5) is 0 Å². The highest BCUT2D eigenvalue weighted by Crippen LogP contribution is 2.19. The fraction of sp³-hybridized carbons (Fsp3) is 0.667. The van der Waals surface area contributed by atoms with Gasteiger partial charge in [0.1, 0.15) is 0 Å².